The second-order valence-corrected chi connectivity index (χ2v) is 5.32. The fourth-order valence-electron chi connectivity index (χ4n) is 2.04. The SMILES string of the molecule is CN1CCC(CNCc2ccc(I)o2)C1. The molecule has 1 saturated heterocycles. The molecule has 1 atom stereocenters. The minimum atomic E-state index is 0.809. The molecule has 1 aliphatic heterocycles. The quantitative estimate of drug-likeness (QED) is 0.860. The molecule has 1 aliphatic rings. The monoisotopic (exact) mass is 320 g/mol. The molecule has 0 radical (unpaired) electrons. The van der Waals surface area contributed by atoms with Crippen molar-refractivity contribution in [1.29, 1.82) is 0 Å². The zero-order valence-electron chi connectivity index (χ0n) is 9.00. The number of halogens is 1. The first-order chi connectivity index (χ1) is 7.24. The first-order valence-electron chi connectivity index (χ1n) is 5.37. The van der Waals surface area contributed by atoms with Gasteiger partial charge in [-0.15, -0.1) is 0 Å². The molecule has 84 valence electrons. The van der Waals surface area contributed by atoms with Crippen molar-refractivity contribution >= 4 is 22.6 Å². The Labute approximate surface area is 104 Å². The summed E-state index contributed by atoms with van der Waals surface area (Å²) in [6.45, 7) is 4.42. The van der Waals surface area contributed by atoms with Crippen LogP contribution in [0.15, 0.2) is 16.5 Å². The predicted molar refractivity (Wildman–Crippen MR) is 68.7 cm³/mol. The van der Waals surface area contributed by atoms with Crippen molar-refractivity contribution in [2.75, 3.05) is 26.7 Å². The molecule has 2 rings (SSSR count). The van der Waals surface area contributed by atoms with Crippen LogP contribution in [-0.2, 0) is 6.54 Å². The molecule has 2 heterocycles. The average Bonchev–Trinajstić information content (AvgIpc) is 2.76. The molecule has 0 saturated carbocycles. The van der Waals surface area contributed by atoms with E-state index >= 15 is 0 Å². The van der Waals surface area contributed by atoms with Gasteiger partial charge >= 0.3 is 0 Å². The highest BCUT2D eigenvalue weighted by molar-refractivity contribution is 14.1. The van der Waals surface area contributed by atoms with Crippen LogP contribution in [0.3, 0.4) is 0 Å². The first kappa shape index (κ1) is 11.4. The second-order valence-electron chi connectivity index (χ2n) is 4.25. The molecule has 3 nitrogen and oxygen atoms in total. The molecular formula is C11H17IN2O. The van der Waals surface area contributed by atoms with Crippen molar-refractivity contribution in [2.24, 2.45) is 5.92 Å². The maximum Gasteiger partial charge on any atom is 0.164 e. The second kappa shape index (κ2) is 5.32. The van der Waals surface area contributed by atoms with E-state index in [4.69, 9.17) is 4.42 Å². The number of hydrogen-bond donors (Lipinski definition) is 1. The highest BCUT2D eigenvalue weighted by Crippen LogP contribution is 2.14. The molecule has 1 N–H and O–H groups in total. The summed E-state index contributed by atoms with van der Waals surface area (Å²) in [5, 5.41) is 3.45. The zero-order chi connectivity index (χ0) is 10.7. The van der Waals surface area contributed by atoms with E-state index in [9.17, 15) is 0 Å². The predicted octanol–water partition coefficient (Wildman–Crippen LogP) is 1.93. The van der Waals surface area contributed by atoms with Gasteiger partial charge < -0.3 is 14.6 Å². The maximum absolute atomic E-state index is 5.48. The largest absolute Gasteiger partial charge is 0.454 e. The molecule has 4 heteroatoms. The Kier molecular flexibility index (Phi) is 4.05. The van der Waals surface area contributed by atoms with Crippen molar-refractivity contribution in [3.8, 4) is 0 Å². The molecule has 0 bridgehead atoms. The van der Waals surface area contributed by atoms with Crippen molar-refractivity contribution in [2.45, 2.75) is 13.0 Å². The minimum absolute atomic E-state index is 0.809. The van der Waals surface area contributed by atoms with Gasteiger partial charge in [-0.3, -0.25) is 0 Å². The lowest BCUT2D eigenvalue weighted by atomic mass is 10.1. The highest BCUT2D eigenvalue weighted by atomic mass is 127. The van der Waals surface area contributed by atoms with Gasteiger partial charge in [0.1, 0.15) is 5.76 Å². The van der Waals surface area contributed by atoms with Gasteiger partial charge in [0.15, 0.2) is 3.77 Å². The molecule has 0 spiro atoms. The lowest BCUT2D eigenvalue weighted by molar-refractivity contribution is 0.383. The summed E-state index contributed by atoms with van der Waals surface area (Å²) in [6, 6.07) is 4.04. The Hall–Kier alpha value is -0.0700. The highest BCUT2D eigenvalue weighted by Gasteiger charge is 2.18. The third kappa shape index (κ3) is 3.46. The number of hydrogen-bond acceptors (Lipinski definition) is 3. The van der Waals surface area contributed by atoms with Gasteiger partial charge in [-0.1, -0.05) is 0 Å². The van der Waals surface area contributed by atoms with E-state index in [1.54, 1.807) is 0 Å². The molecule has 0 amide bonds. The summed E-state index contributed by atoms with van der Waals surface area (Å²) in [6.07, 6.45) is 1.32. The van der Waals surface area contributed by atoms with Crippen LogP contribution in [0.4, 0.5) is 0 Å². The summed E-state index contributed by atoms with van der Waals surface area (Å²) >= 11 is 2.19. The lowest BCUT2D eigenvalue weighted by Gasteiger charge is -2.10. The number of nitrogens with zero attached hydrogens (tertiary/aromatic N) is 1. The number of likely N-dealkylation sites (tertiary alicyclic amines) is 1. The van der Waals surface area contributed by atoms with E-state index in [1.165, 1.54) is 19.5 Å². The van der Waals surface area contributed by atoms with E-state index in [0.717, 1.165) is 28.5 Å². The Morgan fingerprint density at radius 2 is 2.47 bits per heavy atom. The van der Waals surface area contributed by atoms with Crippen LogP contribution in [0.5, 0.6) is 0 Å². The molecule has 1 aromatic heterocycles. The molecular weight excluding hydrogens is 303 g/mol. The zero-order valence-corrected chi connectivity index (χ0v) is 11.2. The smallest absolute Gasteiger partial charge is 0.164 e. The van der Waals surface area contributed by atoms with Gasteiger partial charge in [-0.2, -0.15) is 0 Å². The molecule has 1 aromatic rings. The summed E-state index contributed by atoms with van der Waals surface area (Å²) in [5.74, 6) is 1.84. The summed E-state index contributed by atoms with van der Waals surface area (Å²) in [7, 11) is 2.19. The number of nitrogens with one attached hydrogen (secondary N) is 1. The van der Waals surface area contributed by atoms with E-state index in [1.807, 2.05) is 12.1 Å². The van der Waals surface area contributed by atoms with Crippen molar-refractivity contribution < 1.29 is 4.42 Å². The Balaban J connectivity index is 1.67. The summed E-state index contributed by atoms with van der Waals surface area (Å²) in [4.78, 5) is 2.39. The van der Waals surface area contributed by atoms with Gasteiger partial charge in [-0.25, -0.2) is 0 Å². The van der Waals surface area contributed by atoms with Crippen LogP contribution in [0.1, 0.15) is 12.2 Å². The Bertz CT molecular complexity index is 313. The normalized spacial score (nSPS) is 22.4. The van der Waals surface area contributed by atoms with Crippen molar-refractivity contribution in [3.05, 3.63) is 21.7 Å². The third-order valence-electron chi connectivity index (χ3n) is 2.85. The van der Waals surface area contributed by atoms with Crippen LogP contribution >= 0.6 is 22.6 Å². The molecule has 0 aliphatic carbocycles. The standard InChI is InChI=1S/C11H17IN2O/c1-14-5-4-9(8-14)6-13-7-10-2-3-11(12)15-10/h2-3,9,13H,4-8H2,1H3. The number of furan rings is 1. The van der Waals surface area contributed by atoms with Crippen molar-refractivity contribution in [3.63, 3.8) is 0 Å². The van der Waals surface area contributed by atoms with Gasteiger partial charge in [0.05, 0.1) is 6.54 Å². The van der Waals surface area contributed by atoms with E-state index in [-0.39, 0.29) is 0 Å². The van der Waals surface area contributed by atoms with Crippen molar-refractivity contribution in [1.82, 2.24) is 10.2 Å². The average molecular weight is 320 g/mol. The first-order valence-corrected chi connectivity index (χ1v) is 6.45. The fraction of sp³-hybridized carbons (Fsp3) is 0.636. The van der Waals surface area contributed by atoms with Crippen LogP contribution in [0, 0.1) is 9.68 Å². The van der Waals surface area contributed by atoms with E-state index < -0.39 is 0 Å². The fourth-order valence-corrected chi connectivity index (χ4v) is 2.50. The van der Waals surface area contributed by atoms with Crippen LogP contribution in [0.2, 0.25) is 0 Å². The maximum atomic E-state index is 5.48. The molecule has 15 heavy (non-hydrogen) atoms. The van der Waals surface area contributed by atoms with Gasteiger partial charge in [0, 0.05) is 6.54 Å². The van der Waals surface area contributed by atoms with Crippen LogP contribution in [0.25, 0.3) is 0 Å². The van der Waals surface area contributed by atoms with Gasteiger partial charge in [0.25, 0.3) is 0 Å². The van der Waals surface area contributed by atoms with Gasteiger partial charge in [0.2, 0.25) is 0 Å². The van der Waals surface area contributed by atoms with E-state index in [0.29, 0.717) is 0 Å². The van der Waals surface area contributed by atoms with Crippen LogP contribution < -0.4 is 5.32 Å². The van der Waals surface area contributed by atoms with E-state index in [2.05, 4.69) is 39.9 Å². The summed E-state index contributed by atoms with van der Waals surface area (Å²) in [5.41, 5.74) is 0. The molecule has 1 fully saturated rings. The molecule has 1 unspecified atom stereocenters. The summed E-state index contributed by atoms with van der Waals surface area (Å²) < 4.78 is 6.45. The number of rotatable bonds is 4. The van der Waals surface area contributed by atoms with Crippen LogP contribution in [-0.4, -0.2) is 31.6 Å². The lowest BCUT2D eigenvalue weighted by Crippen LogP contribution is -2.24. The minimum Gasteiger partial charge on any atom is -0.454 e. The Morgan fingerprint density at radius 1 is 1.60 bits per heavy atom. The molecule has 0 aromatic carbocycles. The third-order valence-corrected chi connectivity index (χ3v) is 3.43. The Morgan fingerprint density at radius 3 is 3.07 bits per heavy atom. The topological polar surface area (TPSA) is 28.4 Å². The van der Waals surface area contributed by atoms with Gasteiger partial charge in [-0.05, 0) is 67.2 Å².